The highest BCUT2D eigenvalue weighted by atomic mass is 35.5. The first-order valence-electron chi connectivity index (χ1n) is 6.20. The minimum atomic E-state index is -1.08. The van der Waals surface area contributed by atoms with Gasteiger partial charge < -0.3 is 17.7 Å². The van der Waals surface area contributed by atoms with Crippen molar-refractivity contribution in [3.05, 3.63) is 65.2 Å². The molecule has 0 bridgehead atoms. The molecule has 1 aromatic carbocycles. The number of ether oxygens (including phenoxy) is 1. The van der Waals surface area contributed by atoms with Crippen LogP contribution in [0.2, 0.25) is 10.0 Å². The normalized spacial score (nSPS) is 11.4. The summed E-state index contributed by atoms with van der Waals surface area (Å²) < 4.78 is 24.4. The van der Waals surface area contributed by atoms with Crippen molar-refractivity contribution >= 4 is 34.8 Å². The fourth-order valence-corrected chi connectivity index (χ4v) is 2.30. The first-order valence-corrected chi connectivity index (χ1v) is 7.69. The first kappa shape index (κ1) is 18.7. The molecule has 1 aromatic heterocycles. The van der Waals surface area contributed by atoms with Crippen molar-refractivity contribution < 1.29 is 13.2 Å². The van der Waals surface area contributed by atoms with E-state index >= 15 is 0 Å². The molecule has 1 atom stereocenters. The van der Waals surface area contributed by atoms with Gasteiger partial charge in [0.25, 0.3) is 0 Å². The zero-order valence-electron chi connectivity index (χ0n) is 11.6. The van der Waals surface area contributed by atoms with E-state index in [9.17, 15) is 0 Å². The smallest absolute Gasteiger partial charge is 0.102 e. The molecule has 0 radical (unpaired) electrons. The van der Waals surface area contributed by atoms with Crippen molar-refractivity contribution in [2.75, 3.05) is 6.61 Å². The Morgan fingerprint density at radius 3 is 2.68 bits per heavy atom. The Labute approximate surface area is 142 Å². The second kappa shape index (κ2) is 10.4. The number of nitrogens with zero attached hydrogens (tertiary/aromatic N) is 2. The third-order valence-corrected chi connectivity index (χ3v) is 3.22. The molecule has 2 rings (SSSR count). The van der Waals surface area contributed by atoms with E-state index in [0.29, 0.717) is 23.2 Å². The molecule has 0 fully saturated rings. The number of benzene rings is 1. The van der Waals surface area contributed by atoms with Crippen molar-refractivity contribution in [1.29, 1.82) is 0 Å². The number of halogens is 2. The zero-order valence-corrected chi connectivity index (χ0v) is 14.0. The van der Waals surface area contributed by atoms with E-state index in [2.05, 4.69) is 11.6 Å². The molecule has 1 heterocycles. The van der Waals surface area contributed by atoms with Gasteiger partial charge in [-0.25, -0.2) is 4.98 Å². The number of thiol groups is 1. The molecule has 22 heavy (non-hydrogen) atoms. The van der Waals surface area contributed by atoms with Crippen molar-refractivity contribution in [1.82, 2.24) is 9.55 Å². The number of hydrogen-bond acceptors (Lipinski definition) is 5. The first-order chi connectivity index (χ1) is 10.6. The standard InChI is InChI=1S/C14H14Cl2N2O.HO2S/c1-2-7-19-14(9-18-6-5-17-10-18)12-4-3-11(15)8-13(12)16;1-3-2/h2-6,8,10,14H,1,7,9H2;3H/q;-1. The molecule has 8 heteroatoms. The Morgan fingerprint density at radius 2 is 2.14 bits per heavy atom. The molecular weight excluding hydrogens is 347 g/mol. The average Bonchev–Trinajstić information content (AvgIpc) is 2.98. The van der Waals surface area contributed by atoms with Crippen LogP contribution in [-0.4, -0.2) is 16.2 Å². The maximum absolute atomic E-state index is 8.35. The summed E-state index contributed by atoms with van der Waals surface area (Å²) in [4.78, 5) is 4.02. The number of hydrogen-bond donors (Lipinski definition) is 0. The van der Waals surface area contributed by atoms with E-state index in [1.54, 1.807) is 30.7 Å². The quantitative estimate of drug-likeness (QED) is 0.447. The Hall–Kier alpha value is -1.34. The molecule has 0 spiro atoms. The lowest BCUT2D eigenvalue weighted by molar-refractivity contribution is 0.0608. The van der Waals surface area contributed by atoms with Gasteiger partial charge in [0.2, 0.25) is 0 Å². The lowest BCUT2D eigenvalue weighted by atomic mass is 10.1. The van der Waals surface area contributed by atoms with Gasteiger partial charge in [0.1, 0.15) is 6.10 Å². The fraction of sp³-hybridized carbons (Fsp3) is 0.214. The van der Waals surface area contributed by atoms with Gasteiger partial charge in [0.15, 0.2) is 0 Å². The van der Waals surface area contributed by atoms with Crippen LogP contribution < -0.4 is 0 Å². The predicted molar refractivity (Wildman–Crippen MR) is 87.7 cm³/mol. The summed E-state index contributed by atoms with van der Waals surface area (Å²) in [5.74, 6) is 0. The summed E-state index contributed by atoms with van der Waals surface area (Å²) in [6.45, 7) is 4.75. The fourth-order valence-electron chi connectivity index (χ4n) is 1.77. The van der Waals surface area contributed by atoms with Crippen LogP contribution in [0.25, 0.3) is 0 Å². The molecule has 0 aliphatic heterocycles. The van der Waals surface area contributed by atoms with Crippen LogP contribution in [0.3, 0.4) is 0 Å². The molecule has 2 aromatic rings. The highest BCUT2D eigenvalue weighted by Gasteiger charge is 2.16. The van der Waals surface area contributed by atoms with Crippen molar-refractivity contribution in [2.24, 2.45) is 0 Å². The van der Waals surface area contributed by atoms with Crippen LogP contribution >= 0.6 is 23.2 Å². The van der Waals surface area contributed by atoms with Gasteiger partial charge in [-0.2, -0.15) is 0 Å². The van der Waals surface area contributed by atoms with Gasteiger partial charge in [0.05, 0.1) is 19.5 Å². The van der Waals surface area contributed by atoms with Gasteiger partial charge in [0, 0.05) is 28.0 Å². The van der Waals surface area contributed by atoms with E-state index in [1.165, 1.54) is 0 Å². The third-order valence-electron chi connectivity index (χ3n) is 2.66. The molecule has 0 aliphatic rings. The predicted octanol–water partition coefficient (Wildman–Crippen LogP) is 3.63. The van der Waals surface area contributed by atoms with Gasteiger partial charge in [-0.1, -0.05) is 46.9 Å². The van der Waals surface area contributed by atoms with Crippen molar-refractivity contribution in [3.8, 4) is 0 Å². The topological polar surface area (TPSA) is 61.2 Å². The van der Waals surface area contributed by atoms with Crippen LogP contribution in [-0.2, 0) is 31.3 Å². The molecule has 0 amide bonds. The Kier molecular flexibility index (Phi) is 8.84. The molecule has 120 valence electrons. The summed E-state index contributed by atoms with van der Waals surface area (Å²) in [6.07, 6.45) is 6.90. The summed E-state index contributed by atoms with van der Waals surface area (Å²) in [7, 11) is 0. The van der Waals surface area contributed by atoms with E-state index in [4.69, 9.17) is 36.4 Å². The second-order valence-electron chi connectivity index (χ2n) is 4.11. The lowest BCUT2D eigenvalue weighted by Gasteiger charge is -2.19. The van der Waals surface area contributed by atoms with Crippen molar-refractivity contribution in [2.45, 2.75) is 12.6 Å². The largest absolute Gasteiger partial charge is 0.427 e. The number of aromatic nitrogens is 2. The molecular formula is C14H15Cl2N2O3S-. The van der Waals surface area contributed by atoms with Gasteiger partial charge >= 0.3 is 0 Å². The van der Waals surface area contributed by atoms with E-state index in [-0.39, 0.29) is 6.10 Å². The van der Waals surface area contributed by atoms with E-state index in [0.717, 1.165) is 5.56 Å². The number of rotatable bonds is 6. The molecule has 1 unspecified atom stereocenters. The van der Waals surface area contributed by atoms with Gasteiger partial charge in [-0.05, 0) is 12.1 Å². The highest BCUT2D eigenvalue weighted by Crippen LogP contribution is 2.29. The SMILES string of the molecule is C=CCOC(Cn1ccnc1)c1ccc(Cl)cc1Cl.O=[SH-]=O. The third kappa shape index (κ3) is 6.19. The summed E-state index contributed by atoms with van der Waals surface area (Å²) in [5.41, 5.74) is 0.904. The van der Waals surface area contributed by atoms with Crippen LogP contribution in [0.1, 0.15) is 11.7 Å². The van der Waals surface area contributed by atoms with Crippen LogP contribution in [0.4, 0.5) is 0 Å². The second-order valence-corrected chi connectivity index (χ2v) is 5.10. The maximum Gasteiger partial charge on any atom is 0.102 e. The van der Waals surface area contributed by atoms with Crippen LogP contribution in [0.5, 0.6) is 0 Å². The maximum atomic E-state index is 8.35. The highest BCUT2D eigenvalue weighted by molar-refractivity contribution is 7.51. The summed E-state index contributed by atoms with van der Waals surface area (Å²) >= 11 is 11.1. The lowest BCUT2D eigenvalue weighted by Crippen LogP contribution is -2.12. The minimum Gasteiger partial charge on any atom is -0.427 e. The Morgan fingerprint density at radius 1 is 1.41 bits per heavy atom. The molecule has 0 saturated heterocycles. The molecule has 0 N–H and O–H groups in total. The van der Waals surface area contributed by atoms with Crippen LogP contribution in [0, 0.1) is 0 Å². The molecule has 0 aliphatic carbocycles. The average molecular weight is 362 g/mol. The van der Waals surface area contributed by atoms with Crippen molar-refractivity contribution in [3.63, 3.8) is 0 Å². The van der Waals surface area contributed by atoms with Gasteiger partial charge in [-0.15, -0.1) is 6.58 Å². The Bertz CT molecular complexity index is 629. The molecule has 5 nitrogen and oxygen atoms in total. The monoisotopic (exact) mass is 361 g/mol. The summed E-state index contributed by atoms with van der Waals surface area (Å²) in [5, 5.41) is 1.21. The van der Waals surface area contributed by atoms with E-state index in [1.807, 2.05) is 16.8 Å². The minimum absolute atomic E-state index is 0.169. The Balaban J connectivity index is 0.000000745. The van der Waals surface area contributed by atoms with E-state index < -0.39 is 11.6 Å². The van der Waals surface area contributed by atoms with Crippen LogP contribution in [0.15, 0.2) is 49.6 Å². The van der Waals surface area contributed by atoms with Gasteiger partial charge in [-0.3, -0.25) is 0 Å². The molecule has 0 saturated carbocycles. The number of imidazole rings is 1. The summed E-state index contributed by atoms with van der Waals surface area (Å²) in [6, 6.07) is 5.41. The zero-order chi connectivity index (χ0) is 16.4.